The van der Waals surface area contributed by atoms with Crippen LogP contribution in [0.3, 0.4) is 0 Å². The average Bonchev–Trinajstić information content (AvgIpc) is 1.85. The Bertz CT molecular complexity index is 298. The van der Waals surface area contributed by atoms with E-state index >= 15 is 0 Å². The Balaban J connectivity index is 3.20. The Morgan fingerprint density at radius 2 is 2.18 bits per heavy atom. The van der Waals surface area contributed by atoms with E-state index in [0.29, 0.717) is 5.02 Å². The predicted octanol–water partition coefficient (Wildman–Crippen LogP) is 2.31. The number of benzene rings is 1. The van der Waals surface area contributed by atoms with E-state index in [1.165, 1.54) is 18.2 Å². The minimum absolute atomic E-state index is 0.0856. The van der Waals surface area contributed by atoms with Gasteiger partial charge >= 0.3 is 0 Å². The van der Waals surface area contributed by atoms with Gasteiger partial charge in [0.1, 0.15) is 0 Å². The van der Waals surface area contributed by atoms with Gasteiger partial charge in [-0.05, 0) is 12.1 Å². The highest BCUT2D eigenvalue weighted by Gasteiger charge is 2.08. The smallest absolute Gasteiger partial charge is 0.258 e. The van der Waals surface area contributed by atoms with Gasteiger partial charge in [0.2, 0.25) is 0 Å². The van der Waals surface area contributed by atoms with Crippen molar-refractivity contribution in [2.24, 2.45) is 0 Å². The van der Waals surface area contributed by atoms with Gasteiger partial charge in [-0.15, -0.1) is 0 Å². The van der Waals surface area contributed by atoms with E-state index in [4.69, 9.17) is 18.5 Å². The van der Waals surface area contributed by atoms with Crippen LogP contribution in [-0.4, -0.2) is 4.92 Å². The molecule has 0 atom stereocenters. The lowest BCUT2D eigenvalue weighted by Crippen LogP contribution is -1.90. The van der Waals surface area contributed by atoms with Crippen LogP contribution in [0.25, 0.3) is 0 Å². The van der Waals surface area contributed by atoms with Gasteiger partial charge in [0, 0.05) is 23.6 Å². The highest BCUT2D eigenvalue weighted by Crippen LogP contribution is 2.20. The summed E-state index contributed by atoms with van der Waals surface area (Å²) in [6.07, 6.45) is 0. The van der Waals surface area contributed by atoms with Crippen LogP contribution in [-0.2, 0) is 0 Å². The van der Waals surface area contributed by atoms with Crippen molar-refractivity contribution >= 4 is 17.3 Å². The first-order valence-electron chi connectivity index (χ1n) is 2.80. The van der Waals surface area contributed by atoms with E-state index in [1.807, 2.05) is 0 Å². The monoisotopic (exact) mass is 169 g/mol. The second-order valence-corrected chi connectivity index (χ2v) is 2.40. The molecule has 0 fully saturated rings. The number of nitro benzene ring substituents is 1. The molecule has 0 aliphatic rings. The van der Waals surface area contributed by atoms with E-state index in [2.05, 4.69) is 0 Å². The number of hydrogen-bond donors (Lipinski definition) is 0. The third kappa shape index (κ3) is 1.68. The molecule has 0 saturated carbocycles. The lowest BCUT2D eigenvalue weighted by molar-refractivity contribution is -0.385. The number of hydrogen-bond acceptors (Lipinski definition) is 2. The fraction of sp³-hybridized carbons (Fsp3) is 0. The van der Waals surface area contributed by atoms with Crippen LogP contribution in [0.2, 0.25) is 5.02 Å². The molecule has 0 N–H and O–H groups in total. The van der Waals surface area contributed by atoms with E-state index in [0.717, 1.165) is 0 Å². The molecule has 0 amide bonds. The molecule has 1 aromatic carbocycles. The fourth-order valence-corrected chi connectivity index (χ4v) is 0.872. The average molecular weight is 170 g/mol. The number of nitro groups is 1. The fourth-order valence-electron chi connectivity index (χ4n) is 0.692. The van der Waals surface area contributed by atoms with Gasteiger partial charge in [-0.1, -0.05) is 11.6 Å². The molecule has 0 aliphatic carbocycles. The highest BCUT2D eigenvalue weighted by molar-refractivity contribution is 6.30. The maximum Gasteiger partial charge on any atom is 0.273 e. The molecule has 1 rings (SSSR count). The van der Waals surface area contributed by atoms with Crippen molar-refractivity contribution < 1.29 is 4.92 Å². The van der Waals surface area contributed by atoms with Crippen molar-refractivity contribution in [1.82, 2.24) is 0 Å². The third-order valence-corrected chi connectivity index (χ3v) is 1.42. The summed E-state index contributed by atoms with van der Waals surface area (Å²) >= 11 is 5.52. The van der Waals surface area contributed by atoms with Gasteiger partial charge in [0.25, 0.3) is 5.69 Å². The quantitative estimate of drug-likeness (QED) is 0.478. The zero-order valence-electron chi connectivity index (χ0n) is 5.45. The summed E-state index contributed by atoms with van der Waals surface area (Å²) in [7, 11) is 0. The Hall–Kier alpha value is -1.09. The minimum Gasteiger partial charge on any atom is -0.258 e. The first kappa shape index (κ1) is 8.01. The van der Waals surface area contributed by atoms with Crippen molar-refractivity contribution in [3.05, 3.63) is 45.8 Å². The summed E-state index contributed by atoms with van der Waals surface area (Å²) < 4.78 is 0. The lowest BCUT2D eigenvalue weighted by Gasteiger charge is -1.95. The molecule has 56 valence electrons. The van der Waals surface area contributed by atoms with Crippen molar-refractivity contribution in [1.29, 1.82) is 0 Å². The molecule has 0 aromatic heterocycles. The van der Waals surface area contributed by atoms with Crippen LogP contribution < -0.4 is 0 Å². The Morgan fingerprint density at radius 3 is 2.64 bits per heavy atom. The Kier molecular flexibility index (Phi) is 2.10. The summed E-state index contributed by atoms with van der Waals surface area (Å²) in [4.78, 5) is 9.67. The standard InChI is InChI=1S/C7H4ClNO2/c1-5-4-6(8)2-3-7(5)9(10)11/h1-4H. The summed E-state index contributed by atoms with van der Waals surface area (Å²) in [5.41, 5.74) is -0.0306. The normalized spacial score (nSPS) is 9.64. The molecule has 0 saturated heterocycles. The summed E-state index contributed by atoms with van der Waals surface area (Å²) in [5.74, 6) is 0. The van der Waals surface area contributed by atoms with Crippen LogP contribution in [0.4, 0.5) is 5.69 Å². The maximum absolute atomic E-state index is 10.2. The highest BCUT2D eigenvalue weighted by atomic mass is 35.5. The molecule has 11 heavy (non-hydrogen) atoms. The topological polar surface area (TPSA) is 43.1 Å². The zero-order chi connectivity index (χ0) is 8.43. The molecule has 0 spiro atoms. The minimum atomic E-state index is -0.550. The molecule has 0 heterocycles. The molecular formula is C7H4ClNO2. The van der Waals surface area contributed by atoms with E-state index in [1.54, 1.807) is 0 Å². The Morgan fingerprint density at radius 1 is 1.55 bits per heavy atom. The van der Waals surface area contributed by atoms with Crippen LogP contribution in [0.1, 0.15) is 5.56 Å². The second kappa shape index (κ2) is 2.88. The van der Waals surface area contributed by atoms with E-state index < -0.39 is 4.92 Å². The van der Waals surface area contributed by atoms with Crippen LogP contribution in [0.5, 0.6) is 0 Å². The molecular weight excluding hydrogens is 166 g/mol. The lowest BCUT2D eigenvalue weighted by atomic mass is 10.2. The molecule has 0 unspecified atom stereocenters. The van der Waals surface area contributed by atoms with Gasteiger partial charge in [0.05, 0.1) is 4.92 Å². The predicted molar refractivity (Wildman–Crippen MR) is 41.5 cm³/mol. The zero-order valence-corrected chi connectivity index (χ0v) is 6.21. The maximum atomic E-state index is 10.2. The van der Waals surface area contributed by atoms with Crippen molar-refractivity contribution in [2.45, 2.75) is 0 Å². The Labute approximate surface area is 68.8 Å². The largest absolute Gasteiger partial charge is 0.273 e. The third-order valence-electron chi connectivity index (χ3n) is 1.19. The van der Waals surface area contributed by atoms with Crippen LogP contribution in [0.15, 0.2) is 18.2 Å². The molecule has 3 nitrogen and oxygen atoms in total. The molecule has 1 aromatic rings. The van der Waals surface area contributed by atoms with Gasteiger partial charge < -0.3 is 0 Å². The van der Waals surface area contributed by atoms with Gasteiger partial charge in [0.15, 0.2) is 0 Å². The van der Waals surface area contributed by atoms with E-state index in [-0.39, 0.29) is 11.3 Å². The van der Waals surface area contributed by atoms with Crippen LogP contribution >= 0.6 is 11.6 Å². The van der Waals surface area contributed by atoms with Crippen molar-refractivity contribution in [2.75, 3.05) is 0 Å². The first-order chi connectivity index (χ1) is 5.11. The molecule has 0 aliphatic heterocycles. The number of nitrogens with zero attached hydrogens (tertiary/aromatic N) is 1. The van der Waals surface area contributed by atoms with Crippen molar-refractivity contribution in [3.63, 3.8) is 0 Å². The second-order valence-electron chi connectivity index (χ2n) is 1.96. The molecule has 4 heteroatoms. The van der Waals surface area contributed by atoms with Gasteiger partial charge in [-0.2, -0.15) is 0 Å². The van der Waals surface area contributed by atoms with Crippen LogP contribution in [0, 0.1) is 17.0 Å². The molecule has 0 bridgehead atoms. The first-order valence-corrected chi connectivity index (χ1v) is 3.18. The van der Waals surface area contributed by atoms with E-state index in [9.17, 15) is 10.1 Å². The van der Waals surface area contributed by atoms with Crippen molar-refractivity contribution in [3.8, 4) is 0 Å². The summed E-state index contributed by atoms with van der Waals surface area (Å²) in [6.45, 7) is 5.30. The van der Waals surface area contributed by atoms with Gasteiger partial charge in [-0.25, -0.2) is 0 Å². The van der Waals surface area contributed by atoms with Gasteiger partial charge in [-0.3, -0.25) is 10.1 Å². The summed E-state index contributed by atoms with van der Waals surface area (Å²) in [5, 5.41) is 10.6. The SMILES string of the molecule is [CH]c1cc(Cl)ccc1[N+](=O)[O-]. The number of rotatable bonds is 1. The number of halogens is 1. The summed E-state index contributed by atoms with van der Waals surface area (Å²) in [6, 6.07) is 4.05. The molecule has 2 radical (unpaired) electrons.